The first kappa shape index (κ1) is 13.8. The number of hydrogen-bond donors (Lipinski definition) is 0. The van der Waals surface area contributed by atoms with Crippen LogP contribution in [-0.2, 0) is 15.3 Å². The topological polar surface area (TPSA) is 26.3 Å². The molecule has 0 aromatic heterocycles. The highest BCUT2D eigenvalue weighted by Gasteiger charge is 2.66. The third-order valence-corrected chi connectivity index (χ3v) is 2.19. The van der Waals surface area contributed by atoms with E-state index >= 15 is 0 Å². The van der Waals surface area contributed by atoms with Crippen molar-refractivity contribution in [2.24, 2.45) is 0 Å². The van der Waals surface area contributed by atoms with E-state index in [2.05, 4.69) is 4.18 Å². The average Bonchev–Trinajstić information content (AvgIpc) is 1.80. The van der Waals surface area contributed by atoms with E-state index in [4.69, 9.17) is 0 Å². The molecule has 0 aliphatic rings. The molecule has 0 aromatic carbocycles. The molecule has 0 rings (SSSR count). The summed E-state index contributed by atoms with van der Waals surface area (Å²) in [5, 5.41) is 0. The fraction of sp³-hybridized carbons (Fsp3) is 1.00. The molecular weight excluding hydrogens is 231 g/mol. The molecule has 0 aliphatic heterocycles. The molecular formula is C6H9F5O2S. The van der Waals surface area contributed by atoms with E-state index in [1.54, 1.807) is 0 Å². The predicted octanol–water partition coefficient (Wildman–Crippen LogP) is 2.27. The summed E-state index contributed by atoms with van der Waals surface area (Å²) in [4.78, 5) is 0. The van der Waals surface area contributed by atoms with Crippen LogP contribution in [0.25, 0.3) is 0 Å². The summed E-state index contributed by atoms with van der Waals surface area (Å²) in [5.74, 6) is -3.69. The summed E-state index contributed by atoms with van der Waals surface area (Å²) in [6.45, 7) is 0.224. The predicted molar refractivity (Wildman–Crippen MR) is 40.2 cm³/mol. The summed E-state index contributed by atoms with van der Waals surface area (Å²) < 4.78 is 76.1. The van der Waals surface area contributed by atoms with Crippen LogP contribution in [-0.4, -0.2) is 28.2 Å². The summed E-state index contributed by atoms with van der Waals surface area (Å²) in [5.41, 5.74) is -4.22. The number of halogens is 5. The molecule has 0 N–H and O–H groups in total. The minimum absolute atomic E-state index is 0.0140. The maximum absolute atomic E-state index is 13.1. The van der Waals surface area contributed by atoms with Crippen LogP contribution in [0.2, 0.25) is 0 Å². The molecule has 3 unspecified atom stereocenters. The van der Waals surface area contributed by atoms with Crippen LogP contribution in [0.1, 0.15) is 13.8 Å². The summed E-state index contributed by atoms with van der Waals surface area (Å²) >= 11 is -2.33. The first-order valence-corrected chi connectivity index (χ1v) is 4.87. The van der Waals surface area contributed by atoms with Crippen molar-refractivity contribution in [1.29, 1.82) is 0 Å². The third kappa shape index (κ3) is 2.63. The van der Waals surface area contributed by atoms with Gasteiger partial charge >= 0.3 is 6.18 Å². The Bertz CT molecular complexity index is 235. The van der Waals surface area contributed by atoms with Crippen molar-refractivity contribution in [3.63, 3.8) is 0 Å². The molecule has 86 valence electrons. The van der Waals surface area contributed by atoms with E-state index in [1.165, 1.54) is 0 Å². The Morgan fingerprint density at radius 2 is 1.43 bits per heavy atom. The van der Waals surface area contributed by atoms with Crippen LogP contribution < -0.4 is 0 Å². The molecule has 2 nitrogen and oxygen atoms in total. The van der Waals surface area contributed by atoms with Crippen LogP contribution in [0.3, 0.4) is 0 Å². The van der Waals surface area contributed by atoms with Gasteiger partial charge in [-0.3, -0.25) is 0 Å². The second-order valence-electron chi connectivity index (χ2n) is 2.90. The molecule has 0 spiro atoms. The van der Waals surface area contributed by atoms with Crippen LogP contribution in [0, 0.1) is 0 Å². The van der Waals surface area contributed by atoms with E-state index in [0.717, 1.165) is 6.26 Å². The van der Waals surface area contributed by atoms with Crippen molar-refractivity contribution < 1.29 is 30.3 Å². The van der Waals surface area contributed by atoms with E-state index in [1.807, 2.05) is 0 Å². The first-order valence-electron chi connectivity index (χ1n) is 3.39. The summed E-state index contributed by atoms with van der Waals surface area (Å²) in [7, 11) is 0. The second kappa shape index (κ2) is 3.73. The lowest BCUT2D eigenvalue weighted by atomic mass is 10.00. The maximum atomic E-state index is 13.1. The minimum atomic E-state index is -5.43. The SMILES string of the molecule is CS(=O)OC(C)(F)C(C)(F)C(F)(F)F. The smallest absolute Gasteiger partial charge is 0.247 e. The van der Waals surface area contributed by atoms with Gasteiger partial charge in [0, 0.05) is 6.26 Å². The van der Waals surface area contributed by atoms with Crippen molar-refractivity contribution in [2.45, 2.75) is 31.5 Å². The van der Waals surface area contributed by atoms with Gasteiger partial charge in [0.15, 0.2) is 11.1 Å². The Morgan fingerprint density at radius 1 is 1.07 bits per heavy atom. The monoisotopic (exact) mass is 240 g/mol. The molecule has 3 atom stereocenters. The lowest BCUT2D eigenvalue weighted by Gasteiger charge is -2.33. The normalized spacial score (nSPS) is 23.7. The quantitative estimate of drug-likeness (QED) is 0.707. The molecule has 0 aromatic rings. The van der Waals surface area contributed by atoms with Gasteiger partial charge in [-0.05, 0) is 13.8 Å². The highest BCUT2D eigenvalue weighted by molar-refractivity contribution is 7.79. The Hall–Kier alpha value is -0.240. The average molecular weight is 240 g/mol. The fourth-order valence-corrected chi connectivity index (χ4v) is 1.15. The van der Waals surface area contributed by atoms with E-state index < -0.39 is 28.8 Å². The van der Waals surface area contributed by atoms with E-state index in [-0.39, 0.29) is 13.8 Å². The van der Waals surface area contributed by atoms with Crippen molar-refractivity contribution in [3.8, 4) is 0 Å². The molecule has 8 heteroatoms. The van der Waals surface area contributed by atoms with Gasteiger partial charge in [0.05, 0.1) is 0 Å². The van der Waals surface area contributed by atoms with Gasteiger partial charge in [-0.25, -0.2) is 17.2 Å². The number of alkyl halides is 5. The zero-order valence-electron chi connectivity index (χ0n) is 7.61. The highest BCUT2D eigenvalue weighted by Crippen LogP contribution is 2.44. The van der Waals surface area contributed by atoms with Crippen molar-refractivity contribution in [2.75, 3.05) is 6.26 Å². The fourth-order valence-electron chi connectivity index (χ4n) is 0.552. The molecule has 0 aliphatic carbocycles. The van der Waals surface area contributed by atoms with Crippen molar-refractivity contribution in [3.05, 3.63) is 0 Å². The van der Waals surface area contributed by atoms with Gasteiger partial charge in [0.25, 0.3) is 11.5 Å². The van der Waals surface area contributed by atoms with Gasteiger partial charge in [0.1, 0.15) is 0 Å². The van der Waals surface area contributed by atoms with Gasteiger partial charge in [0.2, 0.25) is 0 Å². The molecule has 0 bridgehead atoms. The van der Waals surface area contributed by atoms with Gasteiger partial charge in [-0.1, -0.05) is 0 Å². The molecule has 0 radical (unpaired) electrons. The molecule has 0 heterocycles. The summed E-state index contributed by atoms with van der Waals surface area (Å²) in [6.07, 6.45) is -4.64. The Labute approximate surface area is 80.1 Å². The Morgan fingerprint density at radius 3 is 1.64 bits per heavy atom. The zero-order chi connectivity index (χ0) is 11.8. The molecule has 0 saturated carbocycles. The van der Waals surface area contributed by atoms with Crippen LogP contribution >= 0.6 is 0 Å². The van der Waals surface area contributed by atoms with Crippen LogP contribution in [0.15, 0.2) is 0 Å². The van der Waals surface area contributed by atoms with Crippen LogP contribution in [0.5, 0.6) is 0 Å². The standard InChI is InChI=1S/C6H9F5O2S/c1-4(7,6(9,10)11)5(2,8)13-14(3)12/h1-3H3. The van der Waals surface area contributed by atoms with Gasteiger partial charge < -0.3 is 0 Å². The largest absolute Gasteiger partial charge is 0.427 e. The van der Waals surface area contributed by atoms with Crippen LogP contribution in [0.4, 0.5) is 22.0 Å². The zero-order valence-corrected chi connectivity index (χ0v) is 8.43. The Balaban J connectivity index is 4.97. The first-order chi connectivity index (χ1) is 5.92. The number of hydrogen-bond acceptors (Lipinski definition) is 2. The van der Waals surface area contributed by atoms with Gasteiger partial charge in [-0.15, -0.1) is 0 Å². The van der Waals surface area contributed by atoms with Crippen molar-refractivity contribution in [1.82, 2.24) is 0 Å². The minimum Gasteiger partial charge on any atom is -0.247 e. The lowest BCUT2D eigenvalue weighted by molar-refractivity contribution is -0.300. The lowest BCUT2D eigenvalue weighted by Crippen LogP contribution is -2.55. The molecule has 0 amide bonds. The van der Waals surface area contributed by atoms with E-state index in [9.17, 15) is 26.2 Å². The number of rotatable bonds is 3. The molecule has 0 saturated heterocycles. The molecule has 14 heavy (non-hydrogen) atoms. The Kier molecular flexibility index (Phi) is 3.66. The highest BCUT2D eigenvalue weighted by atomic mass is 32.2. The third-order valence-electron chi connectivity index (χ3n) is 1.64. The van der Waals surface area contributed by atoms with E-state index in [0.29, 0.717) is 0 Å². The van der Waals surface area contributed by atoms with Gasteiger partial charge in [-0.2, -0.15) is 13.2 Å². The second-order valence-corrected chi connectivity index (χ2v) is 3.87. The molecule has 0 fully saturated rings. The maximum Gasteiger partial charge on any atom is 0.427 e. The summed E-state index contributed by atoms with van der Waals surface area (Å²) in [6, 6.07) is 0. The van der Waals surface area contributed by atoms with Crippen molar-refractivity contribution >= 4 is 11.1 Å².